The van der Waals surface area contributed by atoms with Crippen LogP contribution in [-0.4, -0.2) is 48.6 Å². The van der Waals surface area contributed by atoms with E-state index in [0.717, 1.165) is 42.9 Å². The lowest BCUT2D eigenvalue weighted by atomic mass is 9.75. The molecule has 2 aromatic carbocycles. The number of hydrogen-bond donors (Lipinski definition) is 2. The molecule has 1 unspecified atom stereocenters. The van der Waals surface area contributed by atoms with Gasteiger partial charge in [-0.1, -0.05) is 32.4 Å². The molecular formula is C33H40F4N4O3S. The van der Waals surface area contributed by atoms with E-state index in [0.29, 0.717) is 50.3 Å². The van der Waals surface area contributed by atoms with E-state index in [1.54, 1.807) is 0 Å². The number of amides is 1. The van der Waals surface area contributed by atoms with Crippen molar-refractivity contribution >= 4 is 21.8 Å². The van der Waals surface area contributed by atoms with Crippen LogP contribution in [0.2, 0.25) is 0 Å². The maximum atomic E-state index is 14.1. The Morgan fingerprint density at radius 3 is 2.31 bits per heavy atom. The number of rotatable bonds is 11. The molecule has 0 saturated heterocycles. The Kier molecular flexibility index (Phi) is 8.29. The number of benzene rings is 2. The predicted molar refractivity (Wildman–Crippen MR) is 162 cm³/mol. The molecule has 5 aliphatic rings. The summed E-state index contributed by atoms with van der Waals surface area (Å²) < 4.78 is 83.0. The van der Waals surface area contributed by atoms with Gasteiger partial charge in [-0.25, -0.2) is 12.8 Å². The average molecular weight is 649 g/mol. The Morgan fingerprint density at radius 2 is 1.73 bits per heavy atom. The molecule has 1 heterocycles. The summed E-state index contributed by atoms with van der Waals surface area (Å²) in [6.45, 7) is 4.99. The van der Waals surface area contributed by atoms with Gasteiger partial charge in [0, 0.05) is 24.5 Å². The average Bonchev–Trinajstić information content (AvgIpc) is 3.63. The number of carbonyl (C=O) groups is 1. The standard InChI is InChI=1S/C33H40F4N4O3S/c1-21(2)14-32(30(42)38-18-22-4-3-5-22)20-39-29(40-32)28-17-31(15-24(28)16-31)41(45(43,44)27-12-10-26(34)11-13-27)19-23-6-8-25(9-7-23)33(35,36)37/h6-13,21-22,24,28H,3-5,14-20H2,1-2H3,(H,38,42)(H,39,40)/t24?,28-,31?,32?/m0/s1. The number of carbonyl (C=O) groups excluding carboxylic acids is 1. The highest BCUT2D eigenvalue weighted by atomic mass is 32.2. The molecule has 2 aromatic rings. The van der Waals surface area contributed by atoms with Crippen molar-refractivity contribution in [2.75, 3.05) is 13.1 Å². The molecular weight excluding hydrogens is 608 g/mol. The van der Waals surface area contributed by atoms with Crippen molar-refractivity contribution in [1.29, 1.82) is 0 Å². The lowest BCUT2D eigenvalue weighted by molar-refractivity contribution is -0.137. The van der Waals surface area contributed by atoms with Crippen molar-refractivity contribution in [2.45, 2.75) is 87.5 Å². The second-order valence-electron chi connectivity index (χ2n) is 13.9. The van der Waals surface area contributed by atoms with Crippen LogP contribution in [0.25, 0.3) is 0 Å². The summed E-state index contributed by atoms with van der Waals surface area (Å²) in [6, 6.07) is 9.13. The second-order valence-corrected chi connectivity index (χ2v) is 15.7. The molecule has 45 heavy (non-hydrogen) atoms. The van der Waals surface area contributed by atoms with Crippen molar-refractivity contribution < 1.29 is 30.8 Å². The van der Waals surface area contributed by atoms with Gasteiger partial charge in [-0.15, -0.1) is 0 Å². The first-order chi connectivity index (χ1) is 21.2. The maximum Gasteiger partial charge on any atom is 0.416 e. The Bertz CT molecular complexity index is 1550. The van der Waals surface area contributed by atoms with Crippen molar-refractivity contribution in [3.63, 3.8) is 0 Å². The second kappa shape index (κ2) is 11.7. The third-order valence-electron chi connectivity index (χ3n) is 10.2. The first-order valence-corrected chi connectivity index (χ1v) is 17.2. The summed E-state index contributed by atoms with van der Waals surface area (Å²) in [4.78, 5) is 18.3. The van der Waals surface area contributed by atoms with E-state index < -0.39 is 38.7 Å². The lowest BCUT2D eigenvalue weighted by Crippen LogP contribution is -2.59. The van der Waals surface area contributed by atoms with Crippen LogP contribution < -0.4 is 10.6 Å². The van der Waals surface area contributed by atoms with Crippen LogP contribution in [0, 0.1) is 29.5 Å². The van der Waals surface area contributed by atoms with Gasteiger partial charge in [0.2, 0.25) is 15.9 Å². The third kappa shape index (κ3) is 6.12. The number of fused-ring (bicyclic) bond motifs is 1. The van der Waals surface area contributed by atoms with Crippen LogP contribution in [0.1, 0.15) is 69.9 Å². The molecule has 0 aromatic heterocycles. The molecule has 4 fully saturated rings. The molecule has 2 N–H and O–H groups in total. The minimum atomic E-state index is -4.51. The summed E-state index contributed by atoms with van der Waals surface area (Å²) >= 11 is 0. The number of alkyl halides is 3. The largest absolute Gasteiger partial charge is 0.416 e. The zero-order valence-electron chi connectivity index (χ0n) is 25.5. The minimum absolute atomic E-state index is 0.0512. The fourth-order valence-electron chi connectivity index (χ4n) is 7.67. The van der Waals surface area contributed by atoms with Crippen LogP contribution in [0.5, 0.6) is 0 Å². The zero-order chi connectivity index (χ0) is 32.2. The smallest absolute Gasteiger partial charge is 0.358 e. The molecule has 2 atom stereocenters. The molecule has 2 bridgehead atoms. The van der Waals surface area contributed by atoms with Crippen molar-refractivity contribution in [2.24, 2.45) is 28.7 Å². The first-order valence-electron chi connectivity index (χ1n) is 15.8. The number of sulfonamides is 1. The van der Waals surface area contributed by atoms with Gasteiger partial charge in [-0.2, -0.15) is 17.5 Å². The Morgan fingerprint density at radius 1 is 1.07 bits per heavy atom. The highest BCUT2D eigenvalue weighted by Crippen LogP contribution is 2.60. The number of nitrogens with zero attached hydrogens (tertiary/aromatic N) is 2. The Hall–Kier alpha value is -2.99. The van der Waals surface area contributed by atoms with Crippen LogP contribution in [0.4, 0.5) is 17.6 Å². The van der Waals surface area contributed by atoms with Gasteiger partial charge in [0.05, 0.1) is 17.0 Å². The maximum absolute atomic E-state index is 14.1. The number of nitrogens with one attached hydrogen (secondary N) is 2. The molecule has 0 spiro atoms. The van der Waals surface area contributed by atoms with E-state index in [9.17, 15) is 30.8 Å². The van der Waals surface area contributed by atoms with Gasteiger partial charge in [-0.3, -0.25) is 9.79 Å². The highest BCUT2D eigenvalue weighted by Gasteiger charge is 2.63. The number of aliphatic imine (C=N–C) groups is 1. The molecule has 4 saturated carbocycles. The van der Waals surface area contributed by atoms with E-state index in [-0.39, 0.29) is 35.1 Å². The van der Waals surface area contributed by atoms with E-state index in [1.165, 1.54) is 35.0 Å². The Labute approximate surface area is 261 Å². The number of hydrogen-bond acceptors (Lipinski definition) is 5. The van der Waals surface area contributed by atoms with E-state index in [2.05, 4.69) is 24.5 Å². The molecule has 12 heteroatoms. The lowest BCUT2D eigenvalue weighted by Gasteiger charge is -2.46. The summed E-state index contributed by atoms with van der Waals surface area (Å²) in [6.07, 6.45) is 1.13. The molecule has 7 nitrogen and oxygen atoms in total. The van der Waals surface area contributed by atoms with Gasteiger partial charge < -0.3 is 10.6 Å². The summed E-state index contributed by atoms with van der Waals surface area (Å²) in [5.41, 5.74) is -2.03. The summed E-state index contributed by atoms with van der Waals surface area (Å²) in [5, 5.41) is 6.67. The van der Waals surface area contributed by atoms with Crippen molar-refractivity contribution in [1.82, 2.24) is 14.9 Å². The molecule has 0 radical (unpaired) electrons. The fraction of sp³-hybridized carbons (Fsp3) is 0.576. The highest BCUT2D eigenvalue weighted by molar-refractivity contribution is 7.89. The summed E-state index contributed by atoms with van der Waals surface area (Å²) in [7, 11) is -4.15. The molecule has 244 valence electrons. The first kappa shape index (κ1) is 32.0. The molecule has 7 rings (SSSR count). The zero-order valence-corrected chi connectivity index (χ0v) is 26.4. The molecule has 4 aliphatic carbocycles. The minimum Gasteiger partial charge on any atom is -0.358 e. The van der Waals surface area contributed by atoms with Crippen LogP contribution in [0.3, 0.4) is 0 Å². The molecule has 1 amide bonds. The SMILES string of the molecule is CC(C)CC1(C(=O)NCC2CCC2)CN=C([C@H]2CC3(N(Cc4ccc(C(F)(F)F)cc4)S(=O)(=O)c4ccc(F)cc4)CC2C3)N1. The predicted octanol–water partition coefficient (Wildman–Crippen LogP) is 5.91. The van der Waals surface area contributed by atoms with Gasteiger partial charge in [0.1, 0.15) is 17.2 Å². The van der Waals surface area contributed by atoms with Crippen molar-refractivity contribution in [3.05, 3.63) is 65.5 Å². The number of amidine groups is 1. The van der Waals surface area contributed by atoms with Crippen LogP contribution in [-0.2, 0) is 27.5 Å². The van der Waals surface area contributed by atoms with Gasteiger partial charge in [0.15, 0.2) is 0 Å². The third-order valence-corrected chi connectivity index (χ3v) is 12.2. The van der Waals surface area contributed by atoms with E-state index in [1.807, 2.05) is 0 Å². The molecule has 1 aliphatic heterocycles. The van der Waals surface area contributed by atoms with Crippen LogP contribution >= 0.6 is 0 Å². The number of halogens is 4. The Balaban J connectivity index is 1.24. The van der Waals surface area contributed by atoms with Gasteiger partial charge >= 0.3 is 6.18 Å². The monoisotopic (exact) mass is 648 g/mol. The van der Waals surface area contributed by atoms with Gasteiger partial charge in [0.25, 0.3) is 0 Å². The van der Waals surface area contributed by atoms with Gasteiger partial charge in [-0.05, 0) is 98.2 Å². The normalized spacial score (nSPS) is 28.0. The van der Waals surface area contributed by atoms with Crippen molar-refractivity contribution in [3.8, 4) is 0 Å². The van der Waals surface area contributed by atoms with Crippen LogP contribution in [0.15, 0.2) is 58.4 Å². The van der Waals surface area contributed by atoms with E-state index in [4.69, 9.17) is 4.99 Å². The topological polar surface area (TPSA) is 90.9 Å². The quantitative estimate of drug-likeness (QED) is 0.297. The fourth-order valence-corrected chi connectivity index (χ4v) is 9.45. The van der Waals surface area contributed by atoms with E-state index >= 15 is 0 Å². The summed E-state index contributed by atoms with van der Waals surface area (Å²) in [5.74, 6) is 0.924.